The van der Waals surface area contributed by atoms with Crippen LogP contribution in [0.2, 0.25) is 0 Å². The maximum Gasteiger partial charge on any atom is 0.139 e. The van der Waals surface area contributed by atoms with E-state index >= 15 is 0 Å². The molecule has 1 heteroatoms. The third-order valence-corrected chi connectivity index (χ3v) is 2.41. The van der Waals surface area contributed by atoms with E-state index in [9.17, 15) is 4.79 Å². The van der Waals surface area contributed by atoms with Gasteiger partial charge in [-0.1, -0.05) is 43.7 Å². The molecular formula is C12H16O. The van der Waals surface area contributed by atoms with Gasteiger partial charge in [0.2, 0.25) is 0 Å². The van der Waals surface area contributed by atoms with Crippen LogP contribution in [0, 0.1) is 6.92 Å². The Morgan fingerprint density at radius 2 is 1.85 bits per heavy atom. The SMILES string of the molecule is CCC(=O)C(C)c1ccc(C)cc1. The summed E-state index contributed by atoms with van der Waals surface area (Å²) in [6.07, 6.45) is 0.620. The number of aryl methyl sites for hydroxylation is 1. The molecule has 0 N–H and O–H groups in total. The fraction of sp³-hybridized carbons (Fsp3) is 0.417. The second-order valence-electron chi connectivity index (χ2n) is 3.45. The molecule has 1 nitrogen and oxygen atoms in total. The standard InChI is InChI=1S/C12H16O/c1-4-12(13)10(3)11-7-5-9(2)6-8-11/h5-8,10H,4H2,1-3H3. The molecule has 0 radical (unpaired) electrons. The smallest absolute Gasteiger partial charge is 0.139 e. The van der Waals surface area contributed by atoms with Crippen molar-refractivity contribution in [1.29, 1.82) is 0 Å². The van der Waals surface area contributed by atoms with Crippen LogP contribution in [-0.2, 0) is 4.79 Å². The quantitative estimate of drug-likeness (QED) is 0.691. The Kier molecular flexibility index (Phi) is 3.24. The van der Waals surface area contributed by atoms with E-state index in [-0.39, 0.29) is 5.92 Å². The highest BCUT2D eigenvalue weighted by Crippen LogP contribution is 2.17. The Labute approximate surface area is 79.8 Å². The van der Waals surface area contributed by atoms with Gasteiger partial charge in [-0.15, -0.1) is 0 Å². The first kappa shape index (κ1) is 9.97. The predicted octanol–water partition coefficient (Wildman–Crippen LogP) is 3.08. The van der Waals surface area contributed by atoms with E-state index in [1.807, 2.05) is 26.0 Å². The molecule has 70 valence electrons. The van der Waals surface area contributed by atoms with Gasteiger partial charge in [0, 0.05) is 12.3 Å². The Morgan fingerprint density at radius 1 is 1.31 bits per heavy atom. The second-order valence-corrected chi connectivity index (χ2v) is 3.45. The first-order valence-corrected chi connectivity index (χ1v) is 4.74. The van der Waals surface area contributed by atoms with Gasteiger partial charge in [-0.3, -0.25) is 4.79 Å². The van der Waals surface area contributed by atoms with Gasteiger partial charge >= 0.3 is 0 Å². The van der Waals surface area contributed by atoms with Crippen molar-refractivity contribution in [3.05, 3.63) is 35.4 Å². The molecule has 0 heterocycles. The van der Waals surface area contributed by atoms with Crippen molar-refractivity contribution in [1.82, 2.24) is 0 Å². The van der Waals surface area contributed by atoms with Crippen LogP contribution in [-0.4, -0.2) is 5.78 Å². The highest BCUT2D eigenvalue weighted by molar-refractivity contribution is 5.84. The summed E-state index contributed by atoms with van der Waals surface area (Å²) in [6, 6.07) is 8.17. The molecule has 0 aliphatic carbocycles. The molecule has 0 saturated carbocycles. The summed E-state index contributed by atoms with van der Waals surface area (Å²) in [5.41, 5.74) is 2.36. The molecule has 0 saturated heterocycles. The predicted molar refractivity (Wildman–Crippen MR) is 54.9 cm³/mol. The summed E-state index contributed by atoms with van der Waals surface area (Å²) in [4.78, 5) is 11.4. The molecule has 1 atom stereocenters. The molecule has 1 aromatic rings. The van der Waals surface area contributed by atoms with Gasteiger partial charge in [-0.2, -0.15) is 0 Å². The van der Waals surface area contributed by atoms with E-state index in [0.29, 0.717) is 12.2 Å². The van der Waals surface area contributed by atoms with Crippen LogP contribution >= 0.6 is 0 Å². The summed E-state index contributed by atoms with van der Waals surface area (Å²) in [7, 11) is 0. The summed E-state index contributed by atoms with van der Waals surface area (Å²) < 4.78 is 0. The Morgan fingerprint density at radius 3 is 2.31 bits per heavy atom. The summed E-state index contributed by atoms with van der Waals surface area (Å²) in [5, 5.41) is 0. The largest absolute Gasteiger partial charge is 0.299 e. The topological polar surface area (TPSA) is 17.1 Å². The van der Waals surface area contributed by atoms with Crippen LogP contribution in [0.15, 0.2) is 24.3 Å². The van der Waals surface area contributed by atoms with Crippen molar-refractivity contribution in [2.75, 3.05) is 0 Å². The molecule has 1 aromatic carbocycles. The number of carbonyl (C=O) groups excluding carboxylic acids is 1. The third-order valence-electron chi connectivity index (χ3n) is 2.41. The number of carbonyl (C=O) groups is 1. The molecule has 1 unspecified atom stereocenters. The number of rotatable bonds is 3. The summed E-state index contributed by atoms with van der Waals surface area (Å²) >= 11 is 0. The van der Waals surface area contributed by atoms with Crippen molar-refractivity contribution in [2.45, 2.75) is 33.1 Å². The molecule has 0 fully saturated rings. The van der Waals surface area contributed by atoms with Gasteiger partial charge in [-0.05, 0) is 12.5 Å². The van der Waals surface area contributed by atoms with Crippen molar-refractivity contribution in [2.24, 2.45) is 0 Å². The fourth-order valence-electron chi connectivity index (χ4n) is 1.35. The van der Waals surface area contributed by atoms with E-state index in [1.54, 1.807) is 0 Å². The molecule has 0 aromatic heterocycles. The first-order valence-electron chi connectivity index (χ1n) is 4.74. The van der Waals surface area contributed by atoms with Crippen LogP contribution < -0.4 is 0 Å². The highest BCUT2D eigenvalue weighted by atomic mass is 16.1. The zero-order valence-corrected chi connectivity index (χ0v) is 8.50. The molecule has 0 spiro atoms. The molecule has 0 aliphatic heterocycles. The van der Waals surface area contributed by atoms with Gasteiger partial charge < -0.3 is 0 Å². The molecule has 0 aliphatic rings. The van der Waals surface area contributed by atoms with Gasteiger partial charge in [-0.25, -0.2) is 0 Å². The van der Waals surface area contributed by atoms with Crippen LogP contribution in [0.5, 0.6) is 0 Å². The van der Waals surface area contributed by atoms with Crippen molar-refractivity contribution in [3.63, 3.8) is 0 Å². The summed E-state index contributed by atoms with van der Waals surface area (Å²) in [6.45, 7) is 5.93. The lowest BCUT2D eigenvalue weighted by molar-refractivity contribution is -0.119. The van der Waals surface area contributed by atoms with Crippen LogP contribution in [0.25, 0.3) is 0 Å². The molecular weight excluding hydrogens is 160 g/mol. The Balaban J connectivity index is 2.83. The van der Waals surface area contributed by atoms with Crippen molar-refractivity contribution < 1.29 is 4.79 Å². The van der Waals surface area contributed by atoms with E-state index < -0.39 is 0 Å². The number of ketones is 1. The molecule has 0 bridgehead atoms. The second kappa shape index (κ2) is 4.22. The third kappa shape index (κ3) is 2.41. The van der Waals surface area contributed by atoms with E-state index in [2.05, 4.69) is 19.1 Å². The normalized spacial score (nSPS) is 12.5. The first-order chi connectivity index (χ1) is 6.15. The minimum absolute atomic E-state index is 0.0469. The zero-order chi connectivity index (χ0) is 9.84. The van der Waals surface area contributed by atoms with Crippen LogP contribution in [0.3, 0.4) is 0 Å². The highest BCUT2D eigenvalue weighted by Gasteiger charge is 2.11. The van der Waals surface area contributed by atoms with Crippen molar-refractivity contribution >= 4 is 5.78 Å². The number of Topliss-reactive ketones (excluding diaryl/α,β-unsaturated/α-hetero) is 1. The monoisotopic (exact) mass is 176 g/mol. The lowest BCUT2D eigenvalue weighted by atomic mass is 9.95. The molecule has 0 amide bonds. The van der Waals surface area contributed by atoms with Gasteiger partial charge in [0.15, 0.2) is 0 Å². The number of benzene rings is 1. The van der Waals surface area contributed by atoms with Crippen molar-refractivity contribution in [3.8, 4) is 0 Å². The minimum atomic E-state index is 0.0469. The maximum atomic E-state index is 11.4. The molecule has 13 heavy (non-hydrogen) atoms. The molecule has 1 rings (SSSR count). The lowest BCUT2D eigenvalue weighted by Crippen LogP contribution is -2.07. The fourth-order valence-corrected chi connectivity index (χ4v) is 1.35. The average molecular weight is 176 g/mol. The lowest BCUT2D eigenvalue weighted by Gasteiger charge is -2.09. The number of hydrogen-bond acceptors (Lipinski definition) is 1. The summed E-state index contributed by atoms with van der Waals surface area (Å²) in [5.74, 6) is 0.356. The Bertz CT molecular complexity index is 284. The van der Waals surface area contributed by atoms with Crippen LogP contribution in [0.4, 0.5) is 0 Å². The van der Waals surface area contributed by atoms with E-state index in [4.69, 9.17) is 0 Å². The average Bonchev–Trinajstić information content (AvgIpc) is 2.17. The number of hydrogen-bond donors (Lipinski definition) is 0. The van der Waals surface area contributed by atoms with E-state index in [1.165, 1.54) is 5.56 Å². The zero-order valence-electron chi connectivity index (χ0n) is 8.50. The van der Waals surface area contributed by atoms with Gasteiger partial charge in [0.1, 0.15) is 5.78 Å². The van der Waals surface area contributed by atoms with Gasteiger partial charge in [0.25, 0.3) is 0 Å². The van der Waals surface area contributed by atoms with E-state index in [0.717, 1.165) is 5.56 Å². The van der Waals surface area contributed by atoms with Crippen LogP contribution in [0.1, 0.15) is 37.3 Å². The van der Waals surface area contributed by atoms with Gasteiger partial charge in [0.05, 0.1) is 0 Å². The minimum Gasteiger partial charge on any atom is -0.299 e. The Hall–Kier alpha value is -1.11. The maximum absolute atomic E-state index is 11.4.